The van der Waals surface area contributed by atoms with E-state index >= 15 is 0 Å². The van der Waals surface area contributed by atoms with E-state index in [0.29, 0.717) is 18.3 Å². The molecule has 4 heteroatoms. The molecule has 1 aliphatic rings. The summed E-state index contributed by atoms with van der Waals surface area (Å²) in [6.45, 7) is 6.19. The Hall–Kier alpha value is -0.610. The molecule has 0 radical (unpaired) electrons. The molecule has 0 spiro atoms. The van der Waals surface area contributed by atoms with E-state index in [2.05, 4.69) is 24.5 Å². The summed E-state index contributed by atoms with van der Waals surface area (Å²) in [6.07, 6.45) is 2.51. The van der Waals surface area contributed by atoms with Gasteiger partial charge < -0.3 is 15.7 Å². The summed E-state index contributed by atoms with van der Waals surface area (Å²) in [5.74, 6) is 1.04. The standard InChI is InChI=1S/C12H24N2O2/c1-9(2)5-11(8-15)14-12(16)6-10-3-4-13-7-10/h9-11,13,15H,3-8H2,1-2H3,(H,14,16). The van der Waals surface area contributed by atoms with Gasteiger partial charge in [-0.1, -0.05) is 13.8 Å². The van der Waals surface area contributed by atoms with E-state index in [9.17, 15) is 4.79 Å². The molecule has 2 unspecified atom stereocenters. The van der Waals surface area contributed by atoms with Crippen LogP contribution in [0.4, 0.5) is 0 Å². The predicted octanol–water partition coefficient (Wildman–Crippen LogP) is 0.509. The Morgan fingerprint density at radius 1 is 1.56 bits per heavy atom. The molecule has 2 atom stereocenters. The van der Waals surface area contributed by atoms with E-state index in [-0.39, 0.29) is 18.6 Å². The lowest BCUT2D eigenvalue weighted by atomic mass is 10.0. The third-order valence-electron chi connectivity index (χ3n) is 2.98. The van der Waals surface area contributed by atoms with E-state index in [1.54, 1.807) is 0 Å². The van der Waals surface area contributed by atoms with E-state index < -0.39 is 0 Å². The second kappa shape index (κ2) is 6.86. The lowest BCUT2D eigenvalue weighted by molar-refractivity contribution is -0.123. The molecule has 0 aromatic rings. The normalized spacial score (nSPS) is 22.4. The number of nitrogens with one attached hydrogen (secondary N) is 2. The molecule has 0 aromatic carbocycles. The summed E-state index contributed by atoms with van der Waals surface area (Å²) in [6, 6.07) is -0.0816. The number of carbonyl (C=O) groups excluding carboxylic acids is 1. The molecular formula is C12H24N2O2. The van der Waals surface area contributed by atoms with Gasteiger partial charge in [-0.3, -0.25) is 4.79 Å². The highest BCUT2D eigenvalue weighted by Gasteiger charge is 2.20. The molecule has 1 aliphatic heterocycles. The zero-order valence-electron chi connectivity index (χ0n) is 10.3. The lowest BCUT2D eigenvalue weighted by Crippen LogP contribution is -2.39. The Bertz CT molecular complexity index is 213. The van der Waals surface area contributed by atoms with Crippen LogP contribution >= 0.6 is 0 Å². The summed E-state index contributed by atoms with van der Waals surface area (Å²) in [5.41, 5.74) is 0. The average molecular weight is 228 g/mol. The van der Waals surface area contributed by atoms with Gasteiger partial charge >= 0.3 is 0 Å². The monoisotopic (exact) mass is 228 g/mol. The fourth-order valence-corrected chi connectivity index (χ4v) is 2.19. The first kappa shape index (κ1) is 13.5. The van der Waals surface area contributed by atoms with Crippen molar-refractivity contribution in [3.63, 3.8) is 0 Å². The third-order valence-corrected chi connectivity index (χ3v) is 2.98. The molecule has 1 rings (SSSR count). The number of hydrogen-bond acceptors (Lipinski definition) is 3. The van der Waals surface area contributed by atoms with Crippen molar-refractivity contribution >= 4 is 5.91 Å². The number of hydrogen-bond donors (Lipinski definition) is 3. The van der Waals surface area contributed by atoms with Gasteiger partial charge in [0, 0.05) is 6.42 Å². The van der Waals surface area contributed by atoms with Gasteiger partial charge in [0.15, 0.2) is 0 Å². The van der Waals surface area contributed by atoms with E-state index in [1.807, 2.05) is 0 Å². The Balaban J connectivity index is 2.24. The van der Waals surface area contributed by atoms with Crippen LogP contribution in [-0.2, 0) is 4.79 Å². The molecular weight excluding hydrogens is 204 g/mol. The van der Waals surface area contributed by atoms with Crippen molar-refractivity contribution in [1.82, 2.24) is 10.6 Å². The van der Waals surface area contributed by atoms with Gasteiger partial charge in [0.1, 0.15) is 0 Å². The van der Waals surface area contributed by atoms with Crippen molar-refractivity contribution in [2.75, 3.05) is 19.7 Å². The maximum atomic E-state index is 11.7. The Labute approximate surface area is 97.8 Å². The van der Waals surface area contributed by atoms with Crippen LogP contribution in [0, 0.1) is 11.8 Å². The summed E-state index contributed by atoms with van der Waals surface area (Å²) >= 11 is 0. The second-order valence-electron chi connectivity index (χ2n) is 5.14. The molecule has 0 aromatic heterocycles. The van der Waals surface area contributed by atoms with Gasteiger partial charge in [-0.25, -0.2) is 0 Å². The highest BCUT2D eigenvalue weighted by atomic mass is 16.3. The van der Waals surface area contributed by atoms with E-state index in [0.717, 1.165) is 25.9 Å². The number of amides is 1. The zero-order chi connectivity index (χ0) is 12.0. The maximum Gasteiger partial charge on any atom is 0.220 e. The highest BCUT2D eigenvalue weighted by Crippen LogP contribution is 2.12. The second-order valence-corrected chi connectivity index (χ2v) is 5.14. The minimum atomic E-state index is -0.0816. The molecule has 0 bridgehead atoms. The first-order valence-electron chi connectivity index (χ1n) is 6.22. The van der Waals surface area contributed by atoms with Crippen molar-refractivity contribution in [2.45, 2.75) is 39.2 Å². The van der Waals surface area contributed by atoms with E-state index in [4.69, 9.17) is 5.11 Å². The van der Waals surface area contributed by atoms with Crippen LogP contribution in [0.3, 0.4) is 0 Å². The molecule has 1 heterocycles. The van der Waals surface area contributed by atoms with Gasteiger partial charge in [-0.15, -0.1) is 0 Å². The van der Waals surface area contributed by atoms with Gasteiger partial charge in [0.2, 0.25) is 5.91 Å². The van der Waals surface area contributed by atoms with Crippen molar-refractivity contribution < 1.29 is 9.90 Å². The third kappa shape index (κ3) is 4.94. The largest absolute Gasteiger partial charge is 0.394 e. The molecule has 0 aliphatic carbocycles. The first-order chi connectivity index (χ1) is 7.61. The predicted molar refractivity (Wildman–Crippen MR) is 64.1 cm³/mol. The van der Waals surface area contributed by atoms with Crippen molar-refractivity contribution in [1.29, 1.82) is 0 Å². The fourth-order valence-electron chi connectivity index (χ4n) is 2.19. The number of aliphatic hydroxyl groups is 1. The van der Waals surface area contributed by atoms with Crippen LogP contribution in [0.5, 0.6) is 0 Å². The summed E-state index contributed by atoms with van der Waals surface area (Å²) in [4.78, 5) is 11.7. The van der Waals surface area contributed by atoms with Crippen LogP contribution in [0.25, 0.3) is 0 Å². The van der Waals surface area contributed by atoms with Gasteiger partial charge in [-0.2, -0.15) is 0 Å². The van der Waals surface area contributed by atoms with Crippen LogP contribution in [0.2, 0.25) is 0 Å². The Morgan fingerprint density at radius 2 is 2.31 bits per heavy atom. The zero-order valence-corrected chi connectivity index (χ0v) is 10.3. The van der Waals surface area contributed by atoms with Crippen LogP contribution in [-0.4, -0.2) is 36.8 Å². The van der Waals surface area contributed by atoms with Crippen LogP contribution < -0.4 is 10.6 Å². The fraction of sp³-hybridized carbons (Fsp3) is 0.917. The molecule has 1 amide bonds. The quantitative estimate of drug-likeness (QED) is 0.621. The summed E-state index contributed by atoms with van der Waals surface area (Å²) in [7, 11) is 0. The summed E-state index contributed by atoms with van der Waals surface area (Å²) < 4.78 is 0. The molecule has 1 fully saturated rings. The molecule has 0 saturated carbocycles. The Kier molecular flexibility index (Phi) is 5.77. The lowest BCUT2D eigenvalue weighted by Gasteiger charge is -2.19. The smallest absolute Gasteiger partial charge is 0.220 e. The number of rotatable bonds is 6. The van der Waals surface area contributed by atoms with Crippen LogP contribution in [0.15, 0.2) is 0 Å². The molecule has 94 valence electrons. The van der Waals surface area contributed by atoms with Gasteiger partial charge in [0.05, 0.1) is 12.6 Å². The van der Waals surface area contributed by atoms with Gasteiger partial charge in [0.25, 0.3) is 0 Å². The highest BCUT2D eigenvalue weighted by molar-refractivity contribution is 5.76. The first-order valence-corrected chi connectivity index (χ1v) is 6.22. The SMILES string of the molecule is CC(C)CC(CO)NC(=O)CC1CCNC1. The van der Waals surface area contributed by atoms with E-state index in [1.165, 1.54) is 0 Å². The minimum Gasteiger partial charge on any atom is -0.394 e. The maximum absolute atomic E-state index is 11.7. The average Bonchev–Trinajstić information content (AvgIpc) is 2.68. The molecule has 3 N–H and O–H groups in total. The topological polar surface area (TPSA) is 61.4 Å². The summed E-state index contributed by atoms with van der Waals surface area (Å²) in [5, 5.41) is 15.3. The Morgan fingerprint density at radius 3 is 2.81 bits per heavy atom. The molecule has 4 nitrogen and oxygen atoms in total. The number of aliphatic hydroxyl groups excluding tert-OH is 1. The van der Waals surface area contributed by atoms with Gasteiger partial charge in [-0.05, 0) is 37.8 Å². The van der Waals surface area contributed by atoms with Crippen molar-refractivity contribution in [3.8, 4) is 0 Å². The number of carbonyl (C=O) groups is 1. The molecule has 1 saturated heterocycles. The minimum absolute atomic E-state index is 0.0346. The van der Waals surface area contributed by atoms with Crippen molar-refractivity contribution in [2.24, 2.45) is 11.8 Å². The van der Waals surface area contributed by atoms with Crippen molar-refractivity contribution in [3.05, 3.63) is 0 Å². The molecule has 16 heavy (non-hydrogen) atoms. The van der Waals surface area contributed by atoms with Crippen LogP contribution in [0.1, 0.15) is 33.1 Å².